The zero-order valence-corrected chi connectivity index (χ0v) is 15.4. The Balaban J connectivity index is 1.64. The summed E-state index contributed by atoms with van der Waals surface area (Å²) in [5.41, 5.74) is 2.20. The van der Waals surface area contributed by atoms with E-state index in [1.54, 1.807) is 4.90 Å². The molecule has 132 valence electrons. The minimum absolute atomic E-state index is 0.000260. The molecule has 1 amide bonds. The van der Waals surface area contributed by atoms with Crippen molar-refractivity contribution in [1.29, 1.82) is 0 Å². The number of para-hydroxylation sites is 1. The highest BCUT2D eigenvalue weighted by atomic mass is 35.5. The van der Waals surface area contributed by atoms with Gasteiger partial charge in [-0.15, -0.1) is 0 Å². The van der Waals surface area contributed by atoms with Gasteiger partial charge < -0.3 is 9.64 Å². The maximum Gasteiger partial charge on any atom is 0.237 e. The summed E-state index contributed by atoms with van der Waals surface area (Å²) in [6, 6.07) is 15.7. The molecule has 0 saturated heterocycles. The van der Waals surface area contributed by atoms with Gasteiger partial charge in [0.15, 0.2) is 0 Å². The summed E-state index contributed by atoms with van der Waals surface area (Å²) in [7, 11) is 1.85. The van der Waals surface area contributed by atoms with Gasteiger partial charge in [0.05, 0.1) is 12.6 Å². The zero-order chi connectivity index (χ0) is 17.8. The number of nitrogens with zero attached hydrogens (tertiary/aromatic N) is 2. The van der Waals surface area contributed by atoms with E-state index >= 15 is 0 Å². The maximum atomic E-state index is 12.7. The number of carbonyl (C=O) groups is 1. The highest BCUT2D eigenvalue weighted by Gasteiger charge is 2.22. The highest BCUT2D eigenvalue weighted by molar-refractivity contribution is 6.30. The third-order valence-electron chi connectivity index (χ3n) is 4.72. The van der Waals surface area contributed by atoms with Crippen molar-refractivity contribution in [1.82, 2.24) is 9.80 Å². The Morgan fingerprint density at radius 3 is 2.72 bits per heavy atom. The van der Waals surface area contributed by atoms with Crippen molar-refractivity contribution in [2.45, 2.75) is 19.5 Å². The molecule has 1 aliphatic heterocycles. The Morgan fingerprint density at radius 1 is 1.24 bits per heavy atom. The highest BCUT2D eigenvalue weighted by Crippen LogP contribution is 2.24. The SMILES string of the molecule is CC(c1ccc(Cl)cc1)N(C)C(=O)CN1CCOc2ccccc2C1. The molecule has 0 spiro atoms. The van der Waals surface area contributed by atoms with Crippen LogP contribution in [0, 0.1) is 0 Å². The Morgan fingerprint density at radius 2 is 1.96 bits per heavy atom. The molecule has 0 radical (unpaired) electrons. The van der Waals surface area contributed by atoms with Gasteiger partial charge in [-0.25, -0.2) is 0 Å². The number of amides is 1. The topological polar surface area (TPSA) is 32.8 Å². The molecule has 1 unspecified atom stereocenters. The molecule has 25 heavy (non-hydrogen) atoms. The first-order chi connectivity index (χ1) is 12.0. The molecule has 3 rings (SSSR count). The van der Waals surface area contributed by atoms with Crippen molar-refractivity contribution in [2.75, 3.05) is 26.7 Å². The number of rotatable bonds is 4. The molecule has 5 heteroatoms. The quantitative estimate of drug-likeness (QED) is 0.834. The van der Waals surface area contributed by atoms with Gasteiger partial charge in [0.2, 0.25) is 5.91 Å². The molecular formula is C20H23ClN2O2. The van der Waals surface area contributed by atoms with Gasteiger partial charge in [0, 0.05) is 30.7 Å². The Hall–Kier alpha value is -2.04. The molecule has 4 nitrogen and oxygen atoms in total. The number of halogens is 1. The van der Waals surface area contributed by atoms with Crippen LogP contribution in [0.3, 0.4) is 0 Å². The molecule has 0 bridgehead atoms. The molecule has 0 N–H and O–H groups in total. The summed E-state index contributed by atoms with van der Waals surface area (Å²) in [5.74, 6) is 1.02. The first kappa shape index (κ1) is 17.8. The molecule has 2 aromatic rings. The summed E-state index contributed by atoms with van der Waals surface area (Å²) < 4.78 is 5.77. The molecular weight excluding hydrogens is 336 g/mol. The van der Waals surface area contributed by atoms with Gasteiger partial charge >= 0.3 is 0 Å². The predicted octanol–water partition coefficient (Wildman–Crippen LogP) is 3.75. The van der Waals surface area contributed by atoms with Crippen molar-refractivity contribution in [3.63, 3.8) is 0 Å². The average molecular weight is 359 g/mol. The minimum atomic E-state index is 0.000260. The van der Waals surface area contributed by atoms with Crippen molar-refractivity contribution in [3.8, 4) is 5.75 Å². The van der Waals surface area contributed by atoms with E-state index in [2.05, 4.69) is 11.0 Å². The fourth-order valence-electron chi connectivity index (χ4n) is 3.00. The van der Waals surface area contributed by atoms with Crippen molar-refractivity contribution in [2.24, 2.45) is 0 Å². The number of carbonyl (C=O) groups excluding carboxylic acids is 1. The van der Waals surface area contributed by atoms with E-state index < -0.39 is 0 Å². The van der Waals surface area contributed by atoms with Crippen LogP contribution in [-0.2, 0) is 11.3 Å². The molecule has 0 aliphatic carbocycles. The molecule has 2 aromatic carbocycles. The largest absolute Gasteiger partial charge is 0.492 e. The normalized spacial score (nSPS) is 15.6. The van der Waals surface area contributed by atoms with Gasteiger partial charge in [-0.3, -0.25) is 9.69 Å². The van der Waals surface area contributed by atoms with E-state index in [0.29, 0.717) is 18.2 Å². The van der Waals surface area contributed by atoms with E-state index in [-0.39, 0.29) is 11.9 Å². The van der Waals surface area contributed by atoms with Crippen LogP contribution < -0.4 is 4.74 Å². The van der Waals surface area contributed by atoms with Crippen molar-refractivity contribution >= 4 is 17.5 Å². The lowest BCUT2D eigenvalue weighted by Gasteiger charge is -2.28. The summed E-state index contributed by atoms with van der Waals surface area (Å²) in [5, 5.41) is 0.702. The summed E-state index contributed by atoms with van der Waals surface area (Å²) in [6.45, 7) is 4.48. The standard InChI is InChI=1S/C20H23ClN2O2/c1-15(16-7-9-18(21)10-8-16)22(2)20(24)14-23-11-12-25-19-6-4-3-5-17(19)13-23/h3-10,15H,11-14H2,1-2H3. The number of ether oxygens (including phenoxy) is 1. The first-order valence-electron chi connectivity index (χ1n) is 8.49. The lowest BCUT2D eigenvalue weighted by atomic mass is 10.1. The monoisotopic (exact) mass is 358 g/mol. The molecule has 0 aromatic heterocycles. The van der Waals surface area contributed by atoms with Crippen LogP contribution in [0.1, 0.15) is 24.1 Å². The van der Waals surface area contributed by atoms with Gasteiger partial charge in [-0.05, 0) is 30.7 Å². The second-order valence-corrected chi connectivity index (χ2v) is 6.84. The fourth-order valence-corrected chi connectivity index (χ4v) is 3.12. The lowest BCUT2D eigenvalue weighted by Crippen LogP contribution is -2.40. The second-order valence-electron chi connectivity index (χ2n) is 6.40. The number of hydrogen-bond acceptors (Lipinski definition) is 3. The van der Waals surface area contributed by atoms with Crippen LogP contribution in [0.25, 0.3) is 0 Å². The van der Waals surface area contributed by atoms with Gasteiger partial charge in [-0.2, -0.15) is 0 Å². The smallest absolute Gasteiger partial charge is 0.237 e. The molecule has 0 fully saturated rings. The van der Waals surface area contributed by atoms with Crippen LogP contribution in [0.4, 0.5) is 0 Å². The number of likely N-dealkylation sites (N-methyl/N-ethyl adjacent to an activating group) is 1. The second kappa shape index (κ2) is 7.89. The van der Waals surface area contributed by atoms with Crippen LogP contribution in [-0.4, -0.2) is 42.5 Å². The molecule has 1 heterocycles. The van der Waals surface area contributed by atoms with E-state index in [1.807, 2.05) is 56.4 Å². The number of benzene rings is 2. The minimum Gasteiger partial charge on any atom is -0.492 e. The summed E-state index contributed by atoms with van der Waals surface area (Å²) in [6.07, 6.45) is 0. The summed E-state index contributed by atoms with van der Waals surface area (Å²) in [4.78, 5) is 16.7. The molecule has 1 atom stereocenters. The molecule has 1 aliphatic rings. The lowest BCUT2D eigenvalue weighted by molar-refractivity contribution is -0.133. The predicted molar refractivity (Wildman–Crippen MR) is 99.9 cm³/mol. The fraction of sp³-hybridized carbons (Fsp3) is 0.350. The molecule has 0 saturated carbocycles. The van der Waals surface area contributed by atoms with Crippen molar-refractivity contribution < 1.29 is 9.53 Å². The summed E-state index contributed by atoms with van der Waals surface area (Å²) >= 11 is 5.94. The zero-order valence-electron chi connectivity index (χ0n) is 14.6. The third kappa shape index (κ3) is 4.33. The maximum absolute atomic E-state index is 12.7. The average Bonchev–Trinajstić information content (AvgIpc) is 2.82. The van der Waals surface area contributed by atoms with Gasteiger partial charge in [0.25, 0.3) is 0 Å². The van der Waals surface area contributed by atoms with Crippen LogP contribution >= 0.6 is 11.6 Å². The third-order valence-corrected chi connectivity index (χ3v) is 4.97. The van der Waals surface area contributed by atoms with Gasteiger partial charge in [0.1, 0.15) is 12.4 Å². The first-order valence-corrected chi connectivity index (χ1v) is 8.86. The van der Waals surface area contributed by atoms with Crippen LogP contribution in [0.5, 0.6) is 5.75 Å². The van der Waals surface area contributed by atoms with E-state index in [9.17, 15) is 4.79 Å². The van der Waals surface area contributed by atoms with E-state index in [1.165, 1.54) is 0 Å². The van der Waals surface area contributed by atoms with Gasteiger partial charge in [-0.1, -0.05) is 41.9 Å². The van der Waals surface area contributed by atoms with Crippen molar-refractivity contribution in [3.05, 3.63) is 64.7 Å². The number of fused-ring (bicyclic) bond motifs is 1. The number of hydrogen-bond donors (Lipinski definition) is 0. The van der Waals surface area contributed by atoms with E-state index in [4.69, 9.17) is 16.3 Å². The van der Waals surface area contributed by atoms with Crippen LogP contribution in [0.15, 0.2) is 48.5 Å². The Kier molecular flexibility index (Phi) is 5.61. The van der Waals surface area contributed by atoms with Crippen LogP contribution in [0.2, 0.25) is 5.02 Å². The Labute approximate surface area is 154 Å². The van der Waals surface area contributed by atoms with E-state index in [0.717, 1.165) is 30.0 Å². The Bertz CT molecular complexity index is 733.